The first-order valence-electron chi connectivity index (χ1n) is 5.75. The van der Waals surface area contributed by atoms with Crippen LogP contribution in [0.4, 0.5) is 4.39 Å². The minimum Gasteiger partial charge on any atom is -0.468 e. The second-order valence-electron chi connectivity index (χ2n) is 4.37. The van der Waals surface area contributed by atoms with E-state index in [2.05, 4.69) is 5.32 Å². The van der Waals surface area contributed by atoms with Crippen molar-refractivity contribution >= 4 is 5.97 Å². The van der Waals surface area contributed by atoms with E-state index in [1.165, 1.54) is 13.2 Å². The Morgan fingerprint density at radius 1 is 1.53 bits per heavy atom. The second kappa shape index (κ2) is 4.84. The molecule has 1 atom stereocenters. The number of hydrogen-bond acceptors (Lipinski definition) is 3. The van der Waals surface area contributed by atoms with Gasteiger partial charge in [0, 0.05) is 6.42 Å². The molecule has 1 heterocycles. The average molecular weight is 237 g/mol. The summed E-state index contributed by atoms with van der Waals surface area (Å²) < 4.78 is 18.4. The first-order chi connectivity index (χ1) is 8.18. The number of hydrogen-bond donors (Lipinski definition) is 1. The van der Waals surface area contributed by atoms with Gasteiger partial charge in [-0.05, 0) is 31.0 Å². The lowest BCUT2D eigenvalue weighted by Crippen LogP contribution is -2.50. The maximum Gasteiger partial charge on any atom is 0.326 e. The van der Waals surface area contributed by atoms with Crippen molar-refractivity contribution < 1.29 is 13.9 Å². The lowest BCUT2D eigenvalue weighted by molar-refractivity contribution is -0.148. The van der Waals surface area contributed by atoms with E-state index in [0.29, 0.717) is 18.4 Å². The molecule has 0 spiro atoms. The van der Waals surface area contributed by atoms with E-state index >= 15 is 0 Å². The zero-order chi connectivity index (χ0) is 12.3. The van der Waals surface area contributed by atoms with Gasteiger partial charge in [0.05, 0.1) is 7.11 Å². The van der Waals surface area contributed by atoms with Crippen LogP contribution in [0.1, 0.15) is 18.4 Å². The van der Waals surface area contributed by atoms with Gasteiger partial charge in [-0.3, -0.25) is 4.79 Å². The molecular formula is C13H16FNO2. The number of nitrogens with one attached hydrogen (secondary N) is 1. The third kappa shape index (κ3) is 2.31. The highest BCUT2D eigenvalue weighted by Gasteiger charge is 2.42. The van der Waals surface area contributed by atoms with Gasteiger partial charge in [0.25, 0.3) is 0 Å². The highest BCUT2D eigenvalue weighted by molar-refractivity contribution is 5.81. The molecular weight excluding hydrogens is 221 g/mol. The summed E-state index contributed by atoms with van der Waals surface area (Å²) in [5, 5.41) is 3.16. The van der Waals surface area contributed by atoms with Gasteiger partial charge in [-0.15, -0.1) is 0 Å². The topological polar surface area (TPSA) is 38.3 Å². The average Bonchev–Trinajstić information content (AvgIpc) is 2.81. The van der Waals surface area contributed by atoms with Crippen molar-refractivity contribution in [3.05, 3.63) is 35.6 Å². The minimum absolute atomic E-state index is 0.274. The standard InChI is InChI=1S/C13H16FNO2/c1-17-12(16)13(7-4-8-15-13)9-10-5-2-3-6-11(10)14/h2-3,5-6,15H,4,7-9H2,1H3. The third-order valence-corrected chi connectivity index (χ3v) is 3.27. The fourth-order valence-corrected chi connectivity index (χ4v) is 2.37. The Morgan fingerprint density at radius 3 is 2.88 bits per heavy atom. The Morgan fingerprint density at radius 2 is 2.29 bits per heavy atom. The highest BCUT2D eigenvalue weighted by Crippen LogP contribution is 2.26. The van der Waals surface area contributed by atoms with E-state index in [9.17, 15) is 9.18 Å². The molecule has 1 aliphatic rings. The Kier molecular flexibility index (Phi) is 3.43. The zero-order valence-electron chi connectivity index (χ0n) is 9.83. The molecule has 1 N–H and O–H groups in total. The summed E-state index contributed by atoms with van der Waals surface area (Å²) in [7, 11) is 1.37. The summed E-state index contributed by atoms with van der Waals surface area (Å²) in [5.74, 6) is -0.581. The van der Waals surface area contributed by atoms with Crippen LogP contribution in [-0.2, 0) is 16.0 Å². The molecule has 0 aromatic heterocycles. The minimum atomic E-state index is -0.753. The second-order valence-corrected chi connectivity index (χ2v) is 4.37. The summed E-state index contributed by atoms with van der Waals surface area (Å²) in [6.45, 7) is 0.767. The molecule has 4 heteroatoms. The molecule has 1 unspecified atom stereocenters. The normalized spacial score (nSPS) is 23.6. The molecule has 1 saturated heterocycles. The molecule has 0 saturated carbocycles. The fourth-order valence-electron chi connectivity index (χ4n) is 2.37. The lowest BCUT2D eigenvalue weighted by atomic mass is 9.89. The SMILES string of the molecule is COC(=O)C1(Cc2ccccc2F)CCCN1. The van der Waals surface area contributed by atoms with Gasteiger partial charge in [-0.1, -0.05) is 18.2 Å². The van der Waals surface area contributed by atoms with E-state index in [1.807, 2.05) is 0 Å². The van der Waals surface area contributed by atoms with E-state index in [1.54, 1.807) is 18.2 Å². The Balaban J connectivity index is 2.25. The molecule has 0 bridgehead atoms. The molecule has 2 rings (SSSR count). The summed E-state index contributed by atoms with van der Waals surface area (Å²) in [6.07, 6.45) is 1.93. The molecule has 17 heavy (non-hydrogen) atoms. The predicted molar refractivity (Wildman–Crippen MR) is 62.1 cm³/mol. The van der Waals surface area contributed by atoms with Crippen molar-refractivity contribution in [1.29, 1.82) is 0 Å². The van der Waals surface area contributed by atoms with Crippen LogP contribution < -0.4 is 5.32 Å². The van der Waals surface area contributed by atoms with Crippen LogP contribution in [0.15, 0.2) is 24.3 Å². The first kappa shape index (κ1) is 12.0. The van der Waals surface area contributed by atoms with E-state index in [0.717, 1.165) is 13.0 Å². The molecule has 1 aromatic carbocycles. The Labute approximate surface area is 100.0 Å². The summed E-state index contributed by atoms with van der Waals surface area (Å²) in [5.41, 5.74) is -0.205. The van der Waals surface area contributed by atoms with Crippen LogP contribution in [0.5, 0.6) is 0 Å². The monoisotopic (exact) mass is 237 g/mol. The quantitative estimate of drug-likeness (QED) is 0.813. The molecule has 92 valence electrons. The lowest BCUT2D eigenvalue weighted by Gasteiger charge is -2.26. The van der Waals surface area contributed by atoms with Gasteiger partial charge < -0.3 is 10.1 Å². The summed E-state index contributed by atoms with van der Waals surface area (Å²) in [4.78, 5) is 11.8. The van der Waals surface area contributed by atoms with Crippen molar-refractivity contribution in [3.63, 3.8) is 0 Å². The van der Waals surface area contributed by atoms with Crippen molar-refractivity contribution in [2.24, 2.45) is 0 Å². The van der Waals surface area contributed by atoms with E-state index in [4.69, 9.17) is 4.74 Å². The number of esters is 1. The van der Waals surface area contributed by atoms with Gasteiger partial charge in [-0.25, -0.2) is 4.39 Å². The molecule has 1 fully saturated rings. The number of rotatable bonds is 3. The highest BCUT2D eigenvalue weighted by atomic mass is 19.1. The molecule has 0 aliphatic carbocycles. The molecule has 0 radical (unpaired) electrons. The van der Waals surface area contributed by atoms with Gasteiger partial charge in [0.2, 0.25) is 0 Å². The maximum atomic E-state index is 13.6. The van der Waals surface area contributed by atoms with E-state index in [-0.39, 0.29) is 11.8 Å². The molecule has 0 amide bonds. The van der Waals surface area contributed by atoms with Crippen LogP contribution in [0.3, 0.4) is 0 Å². The fraction of sp³-hybridized carbons (Fsp3) is 0.462. The smallest absolute Gasteiger partial charge is 0.326 e. The van der Waals surface area contributed by atoms with Gasteiger partial charge in [0.1, 0.15) is 11.4 Å². The Hall–Kier alpha value is -1.42. The maximum absolute atomic E-state index is 13.6. The zero-order valence-corrected chi connectivity index (χ0v) is 9.83. The molecule has 3 nitrogen and oxygen atoms in total. The molecule has 1 aliphatic heterocycles. The first-order valence-corrected chi connectivity index (χ1v) is 5.75. The number of carbonyl (C=O) groups excluding carboxylic acids is 1. The van der Waals surface area contributed by atoms with Gasteiger partial charge in [-0.2, -0.15) is 0 Å². The number of carbonyl (C=O) groups is 1. The van der Waals surface area contributed by atoms with E-state index < -0.39 is 5.54 Å². The van der Waals surface area contributed by atoms with Crippen molar-refractivity contribution in [1.82, 2.24) is 5.32 Å². The predicted octanol–water partition coefficient (Wildman–Crippen LogP) is 1.66. The summed E-state index contributed by atoms with van der Waals surface area (Å²) >= 11 is 0. The van der Waals surface area contributed by atoms with Crippen molar-refractivity contribution in [2.45, 2.75) is 24.8 Å². The van der Waals surface area contributed by atoms with Gasteiger partial charge in [0.15, 0.2) is 0 Å². The van der Waals surface area contributed by atoms with Crippen LogP contribution >= 0.6 is 0 Å². The summed E-state index contributed by atoms with van der Waals surface area (Å²) in [6, 6.07) is 6.54. The van der Waals surface area contributed by atoms with Crippen LogP contribution in [0.25, 0.3) is 0 Å². The van der Waals surface area contributed by atoms with Crippen molar-refractivity contribution in [2.75, 3.05) is 13.7 Å². The third-order valence-electron chi connectivity index (χ3n) is 3.27. The van der Waals surface area contributed by atoms with Crippen LogP contribution in [-0.4, -0.2) is 25.2 Å². The number of methoxy groups -OCH3 is 1. The van der Waals surface area contributed by atoms with Crippen molar-refractivity contribution in [3.8, 4) is 0 Å². The Bertz CT molecular complexity index is 414. The number of ether oxygens (including phenoxy) is 1. The van der Waals surface area contributed by atoms with Crippen LogP contribution in [0.2, 0.25) is 0 Å². The largest absolute Gasteiger partial charge is 0.468 e. The number of benzene rings is 1. The molecule has 1 aromatic rings. The number of halogens is 1. The van der Waals surface area contributed by atoms with Crippen LogP contribution in [0, 0.1) is 5.82 Å². The van der Waals surface area contributed by atoms with Gasteiger partial charge >= 0.3 is 5.97 Å².